The number of anilines is 1. The number of fused-ring (bicyclic) bond motifs is 1. The van der Waals surface area contributed by atoms with E-state index in [0.29, 0.717) is 38.2 Å². The summed E-state index contributed by atoms with van der Waals surface area (Å²) >= 11 is 7.17. The van der Waals surface area contributed by atoms with Gasteiger partial charge in [0.05, 0.1) is 34.6 Å². The van der Waals surface area contributed by atoms with Crippen molar-refractivity contribution in [3.63, 3.8) is 0 Å². The van der Waals surface area contributed by atoms with Gasteiger partial charge >= 0.3 is 0 Å². The summed E-state index contributed by atoms with van der Waals surface area (Å²) in [4.78, 5) is 30.8. The number of halogens is 2. The Bertz CT molecular complexity index is 1390. The van der Waals surface area contributed by atoms with Crippen LogP contribution >= 0.6 is 23.4 Å². The molecule has 168 valence electrons. The number of methoxy groups -OCH3 is 1. The lowest BCUT2D eigenvalue weighted by molar-refractivity contribution is -0.115. The smallest absolute Gasteiger partial charge is 0.266 e. The second-order valence-corrected chi connectivity index (χ2v) is 8.87. The van der Waals surface area contributed by atoms with Crippen LogP contribution < -0.4 is 15.6 Å². The van der Waals surface area contributed by atoms with Crippen LogP contribution in [0.5, 0.6) is 5.75 Å². The van der Waals surface area contributed by atoms with Crippen molar-refractivity contribution in [1.29, 1.82) is 0 Å². The molecule has 4 aromatic rings. The fraction of sp³-hybridized carbons (Fsp3) is 0.125. The molecule has 9 heteroatoms. The molecule has 0 bridgehead atoms. The van der Waals surface area contributed by atoms with Crippen LogP contribution in [-0.2, 0) is 4.79 Å². The third-order valence-electron chi connectivity index (χ3n) is 4.90. The lowest BCUT2D eigenvalue weighted by Gasteiger charge is -2.17. The number of para-hydroxylation sites is 1. The van der Waals surface area contributed by atoms with Crippen molar-refractivity contribution in [2.75, 3.05) is 12.4 Å². The largest absolute Gasteiger partial charge is 0.495 e. The van der Waals surface area contributed by atoms with Crippen LogP contribution in [0.3, 0.4) is 0 Å². The van der Waals surface area contributed by atoms with Crippen molar-refractivity contribution in [1.82, 2.24) is 9.55 Å². The third kappa shape index (κ3) is 4.86. The first-order chi connectivity index (χ1) is 15.9. The molecule has 0 aliphatic rings. The predicted molar refractivity (Wildman–Crippen MR) is 129 cm³/mol. The molecule has 6 nitrogen and oxygen atoms in total. The van der Waals surface area contributed by atoms with Gasteiger partial charge in [0.1, 0.15) is 11.6 Å². The van der Waals surface area contributed by atoms with Crippen LogP contribution in [-0.4, -0.2) is 27.8 Å². The minimum Gasteiger partial charge on any atom is -0.495 e. The van der Waals surface area contributed by atoms with Crippen LogP contribution in [0, 0.1) is 5.82 Å². The third-order valence-corrected chi connectivity index (χ3v) is 6.19. The first-order valence-corrected chi connectivity index (χ1v) is 11.2. The van der Waals surface area contributed by atoms with Crippen molar-refractivity contribution in [2.24, 2.45) is 0 Å². The van der Waals surface area contributed by atoms with E-state index in [1.54, 1.807) is 49.4 Å². The minimum absolute atomic E-state index is 0.307. The first-order valence-electron chi connectivity index (χ1n) is 9.96. The van der Waals surface area contributed by atoms with E-state index in [1.165, 1.54) is 35.9 Å². The van der Waals surface area contributed by atoms with Gasteiger partial charge in [0, 0.05) is 5.02 Å². The van der Waals surface area contributed by atoms with Crippen molar-refractivity contribution in [3.05, 3.63) is 87.9 Å². The van der Waals surface area contributed by atoms with E-state index in [9.17, 15) is 14.0 Å². The lowest BCUT2D eigenvalue weighted by atomic mass is 10.2. The Morgan fingerprint density at radius 3 is 2.61 bits per heavy atom. The summed E-state index contributed by atoms with van der Waals surface area (Å²) in [6, 6.07) is 17.4. The van der Waals surface area contributed by atoms with Crippen LogP contribution in [0.1, 0.15) is 6.92 Å². The number of aromatic nitrogens is 2. The van der Waals surface area contributed by atoms with E-state index in [0.717, 1.165) is 11.8 Å². The molecule has 4 rings (SSSR count). The standard InChI is InChI=1S/C24H19ClFN3O3S/c1-14(22(30)27-20-13-15(25)7-12-21(20)32-2)33-24-28-19-6-4-3-5-18(19)23(31)29(24)17-10-8-16(26)9-11-17/h3-14H,1-2H3,(H,27,30). The fourth-order valence-electron chi connectivity index (χ4n) is 3.23. The summed E-state index contributed by atoms with van der Waals surface area (Å²) < 4.78 is 20.2. The molecular formula is C24H19ClFN3O3S. The molecule has 0 aliphatic heterocycles. The van der Waals surface area contributed by atoms with E-state index in [1.807, 2.05) is 0 Å². The molecule has 0 radical (unpaired) electrons. The minimum atomic E-state index is -0.631. The number of hydrogen-bond acceptors (Lipinski definition) is 5. The van der Waals surface area contributed by atoms with E-state index < -0.39 is 11.1 Å². The lowest BCUT2D eigenvalue weighted by Crippen LogP contribution is -2.26. The van der Waals surface area contributed by atoms with Gasteiger partial charge in [-0.25, -0.2) is 9.37 Å². The Balaban J connectivity index is 1.71. The van der Waals surface area contributed by atoms with E-state index in [4.69, 9.17) is 16.3 Å². The van der Waals surface area contributed by atoms with E-state index in [-0.39, 0.29) is 11.5 Å². The van der Waals surface area contributed by atoms with E-state index in [2.05, 4.69) is 10.3 Å². The second-order valence-electron chi connectivity index (χ2n) is 7.12. The highest BCUT2D eigenvalue weighted by atomic mass is 35.5. The maximum Gasteiger partial charge on any atom is 0.266 e. The molecule has 1 heterocycles. The highest BCUT2D eigenvalue weighted by molar-refractivity contribution is 8.00. The topological polar surface area (TPSA) is 73.2 Å². The number of hydrogen-bond donors (Lipinski definition) is 1. The van der Waals surface area contributed by atoms with Gasteiger partial charge in [-0.3, -0.25) is 14.2 Å². The van der Waals surface area contributed by atoms with Crippen LogP contribution in [0.15, 0.2) is 76.7 Å². The van der Waals surface area contributed by atoms with Crippen molar-refractivity contribution in [2.45, 2.75) is 17.3 Å². The number of thioether (sulfide) groups is 1. The molecule has 0 saturated heterocycles. The number of ether oxygens (including phenoxy) is 1. The number of benzene rings is 3. The monoisotopic (exact) mass is 483 g/mol. The Morgan fingerprint density at radius 1 is 1.15 bits per heavy atom. The molecule has 1 aromatic heterocycles. The first kappa shape index (κ1) is 22.8. The molecule has 1 amide bonds. The Labute approximate surface area is 198 Å². The molecule has 0 saturated carbocycles. The molecule has 0 aliphatic carbocycles. The molecule has 1 atom stereocenters. The van der Waals surface area contributed by atoms with Crippen LogP contribution in [0.25, 0.3) is 16.6 Å². The van der Waals surface area contributed by atoms with Gasteiger partial charge in [-0.2, -0.15) is 0 Å². The molecule has 3 aromatic carbocycles. The fourth-order valence-corrected chi connectivity index (χ4v) is 4.33. The average Bonchev–Trinajstić information content (AvgIpc) is 2.80. The molecular weight excluding hydrogens is 465 g/mol. The van der Waals surface area contributed by atoms with Crippen molar-refractivity contribution >= 4 is 45.9 Å². The highest BCUT2D eigenvalue weighted by Gasteiger charge is 2.21. The normalized spacial score (nSPS) is 11.9. The summed E-state index contributed by atoms with van der Waals surface area (Å²) in [7, 11) is 1.50. The molecule has 33 heavy (non-hydrogen) atoms. The Hall–Kier alpha value is -3.36. The van der Waals surface area contributed by atoms with Crippen LogP contribution in [0.2, 0.25) is 5.02 Å². The Morgan fingerprint density at radius 2 is 1.88 bits per heavy atom. The summed E-state index contributed by atoms with van der Waals surface area (Å²) in [6.45, 7) is 1.70. The number of nitrogens with zero attached hydrogens (tertiary/aromatic N) is 2. The van der Waals surface area contributed by atoms with Gasteiger partial charge in [0.25, 0.3) is 5.56 Å². The highest BCUT2D eigenvalue weighted by Crippen LogP contribution is 2.30. The zero-order valence-corrected chi connectivity index (χ0v) is 19.3. The SMILES string of the molecule is COc1ccc(Cl)cc1NC(=O)C(C)Sc1nc2ccccc2c(=O)n1-c1ccc(F)cc1. The van der Waals surface area contributed by atoms with Gasteiger partial charge in [0.2, 0.25) is 5.91 Å². The van der Waals surface area contributed by atoms with Crippen molar-refractivity contribution in [3.8, 4) is 11.4 Å². The van der Waals surface area contributed by atoms with Gasteiger partial charge in [-0.05, 0) is 61.5 Å². The zero-order valence-electron chi connectivity index (χ0n) is 17.7. The van der Waals surface area contributed by atoms with Crippen molar-refractivity contribution < 1.29 is 13.9 Å². The molecule has 1 N–H and O–H groups in total. The number of carbonyl (C=O) groups excluding carboxylic acids is 1. The van der Waals surface area contributed by atoms with Gasteiger partial charge in [0.15, 0.2) is 5.16 Å². The molecule has 0 fully saturated rings. The second kappa shape index (κ2) is 9.64. The molecule has 1 unspecified atom stereocenters. The number of amides is 1. The average molecular weight is 484 g/mol. The predicted octanol–water partition coefficient (Wildman–Crippen LogP) is 5.31. The van der Waals surface area contributed by atoms with Crippen LogP contribution in [0.4, 0.5) is 10.1 Å². The zero-order chi connectivity index (χ0) is 23.5. The van der Waals surface area contributed by atoms with Gasteiger partial charge < -0.3 is 10.1 Å². The molecule has 0 spiro atoms. The van der Waals surface area contributed by atoms with Gasteiger partial charge in [-0.15, -0.1) is 0 Å². The van der Waals surface area contributed by atoms with E-state index >= 15 is 0 Å². The Kier molecular flexibility index (Phi) is 6.67. The maximum absolute atomic E-state index is 13.5. The summed E-state index contributed by atoms with van der Waals surface area (Å²) in [5.74, 6) is -0.274. The summed E-state index contributed by atoms with van der Waals surface area (Å²) in [5, 5.41) is 3.36. The number of carbonyl (C=O) groups is 1. The number of rotatable bonds is 6. The number of nitrogens with one attached hydrogen (secondary N) is 1. The quantitative estimate of drug-likeness (QED) is 0.297. The van der Waals surface area contributed by atoms with Gasteiger partial charge in [-0.1, -0.05) is 35.5 Å². The summed E-state index contributed by atoms with van der Waals surface area (Å²) in [6.07, 6.45) is 0. The summed E-state index contributed by atoms with van der Waals surface area (Å²) in [5.41, 5.74) is 1.09. The maximum atomic E-state index is 13.5.